The van der Waals surface area contributed by atoms with Crippen molar-refractivity contribution in [3.8, 4) is 0 Å². The minimum absolute atomic E-state index is 0.478. The van der Waals surface area contributed by atoms with Crippen molar-refractivity contribution in [3.63, 3.8) is 0 Å². The first kappa shape index (κ1) is 12.2. The molecule has 1 atom stereocenters. The molecule has 0 saturated carbocycles. The van der Waals surface area contributed by atoms with Crippen LogP contribution in [0.15, 0.2) is 24.3 Å². The van der Waals surface area contributed by atoms with E-state index in [2.05, 4.69) is 56.5 Å². The zero-order chi connectivity index (χ0) is 12.4. The molecule has 0 saturated heterocycles. The van der Waals surface area contributed by atoms with Gasteiger partial charge in [0.1, 0.15) is 5.82 Å². The largest absolute Gasteiger partial charge is 0.328 e. The third kappa shape index (κ3) is 2.36. The van der Waals surface area contributed by atoms with E-state index in [1.807, 2.05) is 0 Å². The summed E-state index contributed by atoms with van der Waals surface area (Å²) in [5.74, 6) is 2.39. The van der Waals surface area contributed by atoms with Crippen LogP contribution in [0.5, 0.6) is 0 Å². The smallest absolute Gasteiger partial charge is 0.112 e. The van der Waals surface area contributed by atoms with E-state index in [1.165, 1.54) is 17.8 Å². The number of hydrogen-bond acceptors (Lipinski definition) is 1. The van der Waals surface area contributed by atoms with Crippen LogP contribution in [0.1, 0.15) is 45.9 Å². The Morgan fingerprint density at radius 2 is 1.88 bits per heavy atom. The van der Waals surface area contributed by atoms with Crippen LogP contribution in [0.2, 0.25) is 0 Å². The van der Waals surface area contributed by atoms with Crippen molar-refractivity contribution >= 4 is 11.0 Å². The fourth-order valence-electron chi connectivity index (χ4n) is 2.17. The first-order chi connectivity index (χ1) is 8.13. The molecule has 1 aromatic carbocycles. The summed E-state index contributed by atoms with van der Waals surface area (Å²) >= 11 is 0. The van der Waals surface area contributed by atoms with Gasteiger partial charge in [0.05, 0.1) is 11.0 Å². The molecule has 1 aromatic heterocycles. The van der Waals surface area contributed by atoms with Crippen LogP contribution in [0, 0.1) is 5.92 Å². The highest BCUT2D eigenvalue weighted by Crippen LogP contribution is 2.23. The number of para-hydroxylation sites is 2. The van der Waals surface area contributed by atoms with E-state index in [9.17, 15) is 0 Å². The number of fused-ring (bicyclic) bond motifs is 1. The summed E-state index contributed by atoms with van der Waals surface area (Å²) in [5.41, 5.74) is 2.40. The van der Waals surface area contributed by atoms with E-state index in [4.69, 9.17) is 4.98 Å². The van der Waals surface area contributed by atoms with Crippen molar-refractivity contribution in [1.29, 1.82) is 0 Å². The fourth-order valence-corrected chi connectivity index (χ4v) is 2.17. The molecule has 0 bridgehead atoms. The van der Waals surface area contributed by atoms with Gasteiger partial charge in [-0.2, -0.15) is 0 Å². The molecule has 1 heterocycles. The van der Waals surface area contributed by atoms with Gasteiger partial charge in [0, 0.05) is 12.5 Å². The number of aromatic nitrogens is 2. The molecule has 17 heavy (non-hydrogen) atoms. The zero-order valence-corrected chi connectivity index (χ0v) is 11.3. The molecule has 2 aromatic rings. The number of benzene rings is 1. The molecule has 0 amide bonds. The van der Waals surface area contributed by atoms with Gasteiger partial charge in [0.2, 0.25) is 0 Å². The van der Waals surface area contributed by atoms with Gasteiger partial charge in [-0.3, -0.25) is 0 Å². The summed E-state index contributed by atoms with van der Waals surface area (Å²) < 4.78 is 2.40. The molecule has 0 N–H and O–H groups in total. The van der Waals surface area contributed by atoms with E-state index in [-0.39, 0.29) is 0 Å². The molecule has 0 spiro atoms. The maximum atomic E-state index is 4.76. The standard InChI is InChI=1S/C15H22N2/c1-5-12(4)10-17-14-9-7-6-8-13(14)16-15(17)11(2)3/h6-9,11-12H,5,10H2,1-4H3/t12-/m1/s1. The van der Waals surface area contributed by atoms with Crippen molar-refractivity contribution in [2.24, 2.45) is 5.92 Å². The van der Waals surface area contributed by atoms with E-state index in [0.717, 1.165) is 12.1 Å². The number of rotatable bonds is 4. The summed E-state index contributed by atoms with van der Waals surface area (Å²) in [6.07, 6.45) is 1.21. The maximum absolute atomic E-state index is 4.76. The molecular formula is C15H22N2. The van der Waals surface area contributed by atoms with E-state index in [0.29, 0.717) is 11.8 Å². The Labute approximate surface area is 104 Å². The van der Waals surface area contributed by atoms with E-state index >= 15 is 0 Å². The van der Waals surface area contributed by atoms with Crippen molar-refractivity contribution in [2.75, 3.05) is 0 Å². The normalized spacial score (nSPS) is 13.5. The summed E-state index contributed by atoms with van der Waals surface area (Å²) in [5, 5.41) is 0. The Morgan fingerprint density at radius 3 is 2.53 bits per heavy atom. The third-order valence-electron chi connectivity index (χ3n) is 3.39. The van der Waals surface area contributed by atoms with Gasteiger partial charge in [-0.25, -0.2) is 4.98 Å². The minimum atomic E-state index is 0.478. The van der Waals surface area contributed by atoms with Gasteiger partial charge in [-0.05, 0) is 18.1 Å². The molecule has 2 nitrogen and oxygen atoms in total. The predicted molar refractivity (Wildman–Crippen MR) is 73.3 cm³/mol. The number of imidazole rings is 1. The highest BCUT2D eigenvalue weighted by atomic mass is 15.1. The zero-order valence-electron chi connectivity index (χ0n) is 11.3. The topological polar surface area (TPSA) is 17.8 Å². The number of hydrogen-bond donors (Lipinski definition) is 0. The number of nitrogens with zero attached hydrogens (tertiary/aromatic N) is 2. The van der Waals surface area contributed by atoms with E-state index < -0.39 is 0 Å². The minimum Gasteiger partial charge on any atom is -0.328 e. The molecule has 0 fully saturated rings. The van der Waals surface area contributed by atoms with Crippen molar-refractivity contribution < 1.29 is 0 Å². The summed E-state index contributed by atoms with van der Waals surface area (Å²) in [6, 6.07) is 8.44. The Hall–Kier alpha value is -1.31. The Morgan fingerprint density at radius 1 is 1.18 bits per heavy atom. The van der Waals surface area contributed by atoms with Crippen molar-refractivity contribution in [2.45, 2.75) is 46.6 Å². The monoisotopic (exact) mass is 230 g/mol. The van der Waals surface area contributed by atoms with Gasteiger partial charge in [-0.15, -0.1) is 0 Å². The quantitative estimate of drug-likeness (QED) is 0.769. The van der Waals surface area contributed by atoms with Crippen LogP contribution in [-0.2, 0) is 6.54 Å². The molecule has 2 rings (SSSR count). The SMILES string of the molecule is CC[C@@H](C)Cn1c(C(C)C)nc2ccccc21. The first-order valence-electron chi connectivity index (χ1n) is 6.58. The van der Waals surface area contributed by atoms with Crippen molar-refractivity contribution in [3.05, 3.63) is 30.1 Å². The van der Waals surface area contributed by atoms with Gasteiger partial charge >= 0.3 is 0 Å². The Kier molecular flexibility index (Phi) is 3.51. The molecule has 92 valence electrons. The average molecular weight is 230 g/mol. The third-order valence-corrected chi connectivity index (χ3v) is 3.39. The molecule has 0 unspecified atom stereocenters. The summed E-state index contributed by atoms with van der Waals surface area (Å²) in [4.78, 5) is 4.76. The van der Waals surface area contributed by atoms with Gasteiger partial charge in [-0.1, -0.05) is 46.2 Å². The molecule has 0 aliphatic carbocycles. The molecule has 2 heteroatoms. The second-order valence-electron chi connectivity index (χ2n) is 5.24. The lowest BCUT2D eigenvalue weighted by Gasteiger charge is -2.15. The highest BCUT2D eigenvalue weighted by Gasteiger charge is 2.14. The van der Waals surface area contributed by atoms with Gasteiger partial charge < -0.3 is 4.57 Å². The summed E-state index contributed by atoms with van der Waals surface area (Å²) in [6.45, 7) is 10.1. The van der Waals surface area contributed by atoms with Crippen LogP contribution < -0.4 is 0 Å². The maximum Gasteiger partial charge on any atom is 0.112 e. The Balaban J connectivity index is 2.52. The predicted octanol–water partition coefficient (Wildman–Crippen LogP) is 4.21. The molecule has 0 aliphatic rings. The van der Waals surface area contributed by atoms with Crippen LogP contribution >= 0.6 is 0 Å². The summed E-state index contributed by atoms with van der Waals surface area (Å²) in [7, 11) is 0. The van der Waals surface area contributed by atoms with Crippen LogP contribution in [0.3, 0.4) is 0 Å². The second-order valence-corrected chi connectivity index (χ2v) is 5.24. The van der Waals surface area contributed by atoms with Crippen LogP contribution in [0.4, 0.5) is 0 Å². The lowest BCUT2D eigenvalue weighted by Crippen LogP contribution is -2.11. The van der Waals surface area contributed by atoms with Crippen molar-refractivity contribution in [1.82, 2.24) is 9.55 Å². The second kappa shape index (κ2) is 4.91. The first-order valence-corrected chi connectivity index (χ1v) is 6.58. The van der Waals surface area contributed by atoms with Gasteiger partial charge in [0.25, 0.3) is 0 Å². The lowest BCUT2D eigenvalue weighted by molar-refractivity contribution is 0.460. The Bertz CT molecular complexity index is 497. The van der Waals surface area contributed by atoms with Gasteiger partial charge in [0.15, 0.2) is 0 Å². The van der Waals surface area contributed by atoms with Crippen LogP contribution in [-0.4, -0.2) is 9.55 Å². The molecule has 0 radical (unpaired) electrons. The molecular weight excluding hydrogens is 208 g/mol. The highest BCUT2D eigenvalue weighted by molar-refractivity contribution is 5.76. The fraction of sp³-hybridized carbons (Fsp3) is 0.533. The average Bonchev–Trinajstić information content (AvgIpc) is 2.68. The molecule has 0 aliphatic heterocycles. The lowest BCUT2D eigenvalue weighted by atomic mass is 10.1. The van der Waals surface area contributed by atoms with Crippen LogP contribution in [0.25, 0.3) is 11.0 Å². The van der Waals surface area contributed by atoms with E-state index in [1.54, 1.807) is 0 Å².